The number of hydrogen-bond acceptors (Lipinski definition) is 2. The van der Waals surface area contributed by atoms with Crippen molar-refractivity contribution in [3.63, 3.8) is 0 Å². The van der Waals surface area contributed by atoms with Gasteiger partial charge in [-0.3, -0.25) is 4.79 Å². The average molecular weight is 257 g/mol. The zero-order valence-electron chi connectivity index (χ0n) is 10.9. The number of fused-ring (bicyclic) bond motifs is 1. The lowest BCUT2D eigenvalue weighted by Crippen LogP contribution is -2.42. The van der Waals surface area contributed by atoms with Gasteiger partial charge in [-0.05, 0) is 37.4 Å². The maximum Gasteiger partial charge on any atom is 0.255 e. The molecule has 2 aromatic rings. The number of nitrogens with two attached hydrogens (primary N) is 1. The van der Waals surface area contributed by atoms with E-state index < -0.39 is 0 Å². The lowest BCUT2D eigenvalue weighted by atomic mass is 9.97. The second-order valence-corrected chi connectivity index (χ2v) is 5.24. The number of H-pyrrole nitrogens is 1. The van der Waals surface area contributed by atoms with Gasteiger partial charge in [0.05, 0.1) is 11.1 Å². The highest BCUT2D eigenvalue weighted by Crippen LogP contribution is 2.22. The fourth-order valence-corrected chi connectivity index (χ4v) is 2.88. The number of benzene rings is 1. The Balaban J connectivity index is 1.89. The van der Waals surface area contributed by atoms with Crippen molar-refractivity contribution < 1.29 is 4.79 Å². The number of aromatic amines is 1. The van der Waals surface area contributed by atoms with Gasteiger partial charge >= 0.3 is 0 Å². The van der Waals surface area contributed by atoms with E-state index in [1.54, 1.807) is 0 Å². The molecule has 0 radical (unpaired) electrons. The van der Waals surface area contributed by atoms with Crippen LogP contribution in [-0.2, 0) is 0 Å². The third-order valence-corrected chi connectivity index (χ3v) is 3.96. The molecule has 1 amide bonds. The molecule has 1 aromatic heterocycles. The summed E-state index contributed by atoms with van der Waals surface area (Å²) in [7, 11) is 0. The van der Waals surface area contributed by atoms with Gasteiger partial charge in [0.1, 0.15) is 0 Å². The Hall–Kier alpha value is -1.81. The van der Waals surface area contributed by atoms with Crippen molar-refractivity contribution in [3.05, 3.63) is 36.0 Å². The second-order valence-electron chi connectivity index (χ2n) is 5.24. The number of carbonyl (C=O) groups is 1. The van der Waals surface area contributed by atoms with E-state index >= 15 is 0 Å². The van der Waals surface area contributed by atoms with E-state index in [4.69, 9.17) is 5.73 Å². The summed E-state index contributed by atoms with van der Waals surface area (Å²) in [6, 6.07) is 7.84. The minimum Gasteiger partial charge on any atom is -0.361 e. The molecule has 0 bridgehead atoms. The molecule has 0 aliphatic carbocycles. The van der Waals surface area contributed by atoms with Crippen molar-refractivity contribution in [3.8, 4) is 0 Å². The number of carbonyl (C=O) groups excluding carboxylic acids is 1. The van der Waals surface area contributed by atoms with E-state index in [9.17, 15) is 4.79 Å². The molecule has 0 spiro atoms. The van der Waals surface area contributed by atoms with Crippen LogP contribution in [0.2, 0.25) is 0 Å². The lowest BCUT2D eigenvalue weighted by molar-refractivity contribution is 0.0680. The maximum atomic E-state index is 12.6. The number of nitrogens with one attached hydrogen (secondary N) is 1. The molecule has 1 aliphatic rings. The van der Waals surface area contributed by atoms with Crippen molar-refractivity contribution in [2.24, 2.45) is 11.7 Å². The molecule has 3 rings (SSSR count). The van der Waals surface area contributed by atoms with Crippen molar-refractivity contribution in [1.29, 1.82) is 0 Å². The summed E-state index contributed by atoms with van der Waals surface area (Å²) >= 11 is 0. The standard InChI is InChI=1S/C15H19N3O/c16-9-11-3-2-8-18(10-11)15(19)13-5-1-4-12-6-7-17-14(12)13/h1,4-7,11,17H,2-3,8-10,16H2. The van der Waals surface area contributed by atoms with Gasteiger partial charge in [0.25, 0.3) is 5.91 Å². The van der Waals surface area contributed by atoms with Crippen molar-refractivity contribution >= 4 is 16.8 Å². The molecule has 4 heteroatoms. The predicted molar refractivity (Wildman–Crippen MR) is 76.0 cm³/mol. The number of hydrogen-bond donors (Lipinski definition) is 2. The fraction of sp³-hybridized carbons (Fsp3) is 0.400. The first kappa shape index (κ1) is 12.2. The molecule has 0 saturated carbocycles. The van der Waals surface area contributed by atoms with E-state index in [0.717, 1.165) is 42.4 Å². The van der Waals surface area contributed by atoms with E-state index in [0.29, 0.717) is 12.5 Å². The second kappa shape index (κ2) is 5.05. The van der Waals surface area contributed by atoms with Gasteiger partial charge in [0.2, 0.25) is 0 Å². The van der Waals surface area contributed by atoms with Gasteiger partial charge in [-0.1, -0.05) is 12.1 Å². The van der Waals surface area contributed by atoms with Crippen LogP contribution in [0.3, 0.4) is 0 Å². The molecule has 1 saturated heterocycles. The Bertz CT molecular complexity index is 590. The number of aromatic nitrogens is 1. The summed E-state index contributed by atoms with van der Waals surface area (Å²) in [5.41, 5.74) is 7.43. The number of rotatable bonds is 2. The smallest absolute Gasteiger partial charge is 0.255 e. The topological polar surface area (TPSA) is 62.1 Å². The molecule has 1 aliphatic heterocycles. The van der Waals surface area contributed by atoms with E-state index in [2.05, 4.69) is 4.98 Å². The first-order valence-corrected chi connectivity index (χ1v) is 6.85. The number of likely N-dealkylation sites (tertiary alicyclic amines) is 1. The number of piperidine rings is 1. The summed E-state index contributed by atoms with van der Waals surface area (Å²) in [5, 5.41) is 1.08. The normalized spacial score (nSPS) is 19.8. The molecule has 1 fully saturated rings. The van der Waals surface area contributed by atoms with Crippen LogP contribution in [0.4, 0.5) is 0 Å². The monoisotopic (exact) mass is 257 g/mol. The molecule has 19 heavy (non-hydrogen) atoms. The van der Waals surface area contributed by atoms with Gasteiger partial charge in [-0.25, -0.2) is 0 Å². The van der Waals surface area contributed by atoms with Gasteiger partial charge in [0.15, 0.2) is 0 Å². The van der Waals surface area contributed by atoms with Crippen LogP contribution in [0.25, 0.3) is 10.9 Å². The first-order chi connectivity index (χ1) is 9.29. The van der Waals surface area contributed by atoms with E-state index in [-0.39, 0.29) is 5.91 Å². The van der Waals surface area contributed by atoms with Crippen LogP contribution in [0.15, 0.2) is 30.5 Å². The van der Waals surface area contributed by atoms with Crippen LogP contribution in [0.1, 0.15) is 23.2 Å². The average Bonchev–Trinajstić information content (AvgIpc) is 2.95. The lowest BCUT2D eigenvalue weighted by Gasteiger charge is -2.32. The van der Waals surface area contributed by atoms with Gasteiger partial charge in [0, 0.05) is 24.7 Å². The predicted octanol–water partition coefficient (Wildman–Crippen LogP) is 1.98. The summed E-state index contributed by atoms with van der Waals surface area (Å²) < 4.78 is 0. The molecule has 1 unspecified atom stereocenters. The van der Waals surface area contributed by atoms with Crippen LogP contribution in [0, 0.1) is 5.92 Å². The highest BCUT2D eigenvalue weighted by atomic mass is 16.2. The summed E-state index contributed by atoms with van der Waals surface area (Å²) in [6.07, 6.45) is 4.06. The Morgan fingerprint density at radius 3 is 3.16 bits per heavy atom. The highest BCUT2D eigenvalue weighted by Gasteiger charge is 2.24. The van der Waals surface area contributed by atoms with Crippen molar-refractivity contribution in [2.75, 3.05) is 19.6 Å². The Kier molecular flexibility index (Phi) is 3.25. The quantitative estimate of drug-likeness (QED) is 0.864. The molecule has 2 heterocycles. The first-order valence-electron chi connectivity index (χ1n) is 6.85. The minimum atomic E-state index is 0.117. The van der Waals surface area contributed by atoms with E-state index in [1.807, 2.05) is 35.4 Å². The van der Waals surface area contributed by atoms with Crippen molar-refractivity contribution in [1.82, 2.24) is 9.88 Å². The Morgan fingerprint density at radius 2 is 2.32 bits per heavy atom. The van der Waals surface area contributed by atoms with Crippen LogP contribution in [0.5, 0.6) is 0 Å². The number of nitrogens with zero attached hydrogens (tertiary/aromatic N) is 1. The Morgan fingerprint density at radius 1 is 1.42 bits per heavy atom. The molecule has 100 valence electrons. The largest absolute Gasteiger partial charge is 0.361 e. The fourth-order valence-electron chi connectivity index (χ4n) is 2.88. The molecular formula is C15H19N3O. The van der Waals surface area contributed by atoms with Crippen molar-refractivity contribution in [2.45, 2.75) is 12.8 Å². The summed E-state index contributed by atoms with van der Waals surface area (Å²) in [6.45, 7) is 2.29. The molecule has 1 aromatic carbocycles. The zero-order chi connectivity index (χ0) is 13.2. The third kappa shape index (κ3) is 2.24. The molecule has 4 nitrogen and oxygen atoms in total. The number of amides is 1. The summed E-state index contributed by atoms with van der Waals surface area (Å²) in [4.78, 5) is 17.7. The van der Waals surface area contributed by atoms with Gasteiger partial charge < -0.3 is 15.6 Å². The van der Waals surface area contributed by atoms with Crippen LogP contribution < -0.4 is 5.73 Å². The number of para-hydroxylation sites is 1. The SMILES string of the molecule is NCC1CCCN(C(=O)c2cccc3cc[nH]c23)C1. The van der Waals surface area contributed by atoms with Gasteiger partial charge in [-0.15, -0.1) is 0 Å². The highest BCUT2D eigenvalue weighted by molar-refractivity contribution is 6.05. The summed E-state index contributed by atoms with van der Waals surface area (Å²) in [5.74, 6) is 0.562. The third-order valence-electron chi connectivity index (χ3n) is 3.96. The van der Waals surface area contributed by atoms with Crippen LogP contribution in [-0.4, -0.2) is 35.4 Å². The molecule has 3 N–H and O–H groups in total. The molecule has 1 atom stereocenters. The van der Waals surface area contributed by atoms with Gasteiger partial charge in [-0.2, -0.15) is 0 Å². The van der Waals surface area contributed by atoms with Crippen LogP contribution >= 0.6 is 0 Å². The minimum absolute atomic E-state index is 0.117. The van der Waals surface area contributed by atoms with E-state index in [1.165, 1.54) is 0 Å². The maximum absolute atomic E-state index is 12.6. The zero-order valence-corrected chi connectivity index (χ0v) is 10.9. The Labute approximate surface area is 112 Å². The molecular weight excluding hydrogens is 238 g/mol.